The standard InChI is InChI=1S/C26H42N2O3/c1-5-6-7-8-9-10-11-12-25(30)28-23(26(31)27-18-17-20(2)3)19-24(29)22-15-13-21(4)14-16-22/h13-16,20,23H,5-12,17-19H2,1-4H3,(H,27,31)(H,28,30)/t23-/m1/s1. The highest BCUT2D eigenvalue weighted by molar-refractivity contribution is 6.00. The quantitative estimate of drug-likeness (QED) is 0.274. The number of hydrogen-bond acceptors (Lipinski definition) is 3. The van der Waals surface area contributed by atoms with E-state index >= 15 is 0 Å². The van der Waals surface area contributed by atoms with E-state index in [1.807, 2.05) is 19.1 Å². The second-order valence-corrected chi connectivity index (χ2v) is 8.96. The molecule has 0 fully saturated rings. The van der Waals surface area contributed by atoms with Gasteiger partial charge in [0.2, 0.25) is 11.8 Å². The molecule has 0 aliphatic rings. The second-order valence-electron chi connectivity index (χ2n) is 8.96. The minimum absolute atomic E-state index is 0.0284. The Balaban J connectivity index is 2.58. The van der Waals surface area contributed by atoms with E-state index < -0.39 is 6.04 Å². The lowest BCUT2D eigenvalue weighted by molar-refractivity contribution is -0.129. The van der Waals surface area contributed by atoms with E-state index in [9.17, 15) is 14.4 Å². The van der Waals surface area contributed by atoms with Crippen LogP contribution >= 0.6 is 0 Å². The lowest BCUT2D eigenvalue weighted by Crippen LogP contribution is -2.48. The molecule has 0 aliphatic carbocycles. The van der Waals surface area contributed by atoms with E-state index in [4.69, 9.17) is 0 Å². The fraction of sp³-hybridized carbons (Fsp3) is 0.654. The molecule has 0 unspecified atom stereocenters. The number of hydrogen-bond donors (Lipinski definition) is 2. The predicted octanol–water partition coefficient (Wildman–Crippen LogP) is 5.36. The minimum atomic E-state index is -0.835. The Morgan fingerprint density at radius 3 is 2.13 bits per heavy atom. The van der Waals surface area contributed by atoms with Crippen LogP contribution in [0.25, 0.3) is 0 Å². The number of ketones is 1. The maximum Gasteiger partial charge on any atom is 0.243 e. The predicted molar refractivity (Wildman–Crippen MR) is 127 cm³/mol. The number of Topliss-reactive ketones (excluding diaryl/α,β-unsaturated/α-hetero) is 1. The summed E-state index contributed by atoms with van der Waals surface area (Å²) in [4.78, 5) is 37.8. The number of carbonyl (C=O) groups is 3. The first-order valence-corrected chi connectivity index (χ1v) is 12.0. The summed E-state index contributed by atoms with van der Waals surface area (Å²) in [6.07, 6.45) is 9.14. The van der Waals surface area contributed by atoms with Crippen molar-refractivity contribution in [1.29, 1.82) is 0 Å². The zero-order chi connectivity index (χ0) is 23.1. The van der Waals surface area contributed by atoms with Crippen molar-refractivity contribution in [2.45, 2.75) is 97.9 Å². The molecule has 5 nitrogen and oxygen atoms in total. The van der Waals surface area contributed by atoms with Gasteiger partial charge in [-0.15, -0.1) is 0 Å². The van der Waals surface area contributed by atoms with Crippen LogP contribution in [0.2, 0.25) is 0 Å². The maximum absolute atomic E-state index is 12.7. The number of rotatable bonds is 16. The number of unbranched alkanes of at least 4 members (excludes halogenated alkanes) is 6. The fourth-order valence-electron chi connectivity index (χ4n) is 3.37. The molecule has 0 bridgehead atoms. The van der Waals surface area contributed by atoms with Gasteiger partial charge in [0.15, 0.2) is 5.78 Å². The molecule has 0 saturated heterocycles. The Morgan fingerprint density at radius 1 is 0.903 bits per heavy atom. The van der Waals surface area contributed by atoms with E-state index in [1.54, 1.807) is 12.1 Å². The van der Waals surface area contributed by atoms with Crippen molar-refractivity contribution in [2.75, 3.05) is 6.54 Å². The number of benzene rings is 1. The largest absolute Gasteiger partial charge is 0.354 e. The van der Waals surface area contributed by atoms with Gasteiger partial charge in [-0.3, -0.25) is 14.4 Å². The highest BCUT2D eigenvalue weighted by atomic mass is 16.2. The number of aryl methyl sites for hydroxylation is 1. The summed E-state index contributed by atoms with van der Waals surface area (Å²) in [5.41, 5.74) is 1.63. The Morgan fingerprint density at radius 2 is 1.52 bits per heavy atom. The normalized spacial score (nSPS) is 11.9. The summed E-state index contributed by atoms with van der Waals surface area (Å²) >= 11 is 0. The van der Waals surface area contributed by atoms with Crippen LogP contribution in [0.3, 0.4) is 0 Å². The summed E-state index contributed by atoms with van der Waals surface area (Å²) in [7, 11) is 0. The molecule has 2 N–H and O–H groups in total. The van der Waals surface area contributed by atoms with Crippen molar-refractivity contribution < 1.29 is 14.4 Å². The molecule has 0 radical (unpaired) electrons. The van der Waals surface area contributed by atoms with Crippen LogP contribution in [-0.2, 0) is 9.59 Å². The molecule has 0 aliphatic heterocycles. The zero-order valence-corrected chi connectivity index (χ0v) is 20.0. The van der Waals surface area contributed by atoms with E-state index in [0.717, 1.165) is 31.2 Å². The van der Waals surface area contributed by atoms with Gasteiger partial charge in [0.1, 0.15) is 6.04 Å². The lowest BCUT2D eigenvalue weighted by Gasteiger charge is -2.18. The van der Waals surface area contributed by atoms with Crippen LogP contribution in [0.4, 0.5) is 0 Å². The molecule has 1 rings (SSSR count). The third-order valence-electron chi connectivity index (χ3n) is 5.44. The van der Waals surface area contributed by atoms with E-state index in [2.05, 4.69) is 31.4 Å². The van der Waals surface area contributed by atoms with Crippen molar-refractivity contribution in [3.63, 3.8) is 0 Å². The fourth-order valence-corrected chi connectivity index (χ4v) is 3.37. The van der Waals surface area contributed by atoms with Gasteiger partial charge in [-0.05, 0) is 25.7 Å². The van der Waals surface area contributed by atoms with Crippen LogP contribution in [0.15, 0.2) is 24.3 Å². The molecule has 5 heteroatoms. The zero-order valence-electron chi connectivity index (χ0n) is 20.0. The SMILES string of the molecule is CCCCCCCCCC(=O)N[C@H](CC(=O)c1ccc(C)cc1)C(=O)NCCC(C)C. The molecule has 1 aromatic rings. The lowest BCUT2D eigenvalue weighted by atomic mass is 10.0. The molecule has 1 aromatic carbocycles. The molecule has 174 valence electrons. The summed E-state index contributed by atoms with van der Waals surface area (Å²) in [6.45, 7) is 8.88. The first-order valence-electron chi connectivity index (χ1n) is 12.0. The van der Waals surface area contributed by atoms with Gasteiger partial charge in [0.05, 0.1) is 0 Å². The monoisotopic (exact) mass is 430 g/mol. The van der Waals surface area contributed by atoms with Gasteiger partial charge < -0.3 is 10.6 Å². The summed E-state index contributed by atoms with van der Waals surface area (Å²) in [5.74, 6) is -0.108. The Bertz CT molecular complexity index is 668. The van der Waals surface area contributed by atoms with Crippen LogP contribution in [0.5, 0.6) is 0 Å². The number of carbonyl (C=O) groups excluding carboxylic acids is 3. The average Bonchev–Trinajstić information content (AvgIpc) is 2.72. The average molecular weight is 431 g/mol. The third kappa shape index (κ3) is 12.3. The number of amides is 2. The molecular formula is C26H42N2O3. The smallest absolute Gasteiger partial charge is 0.243 e. The van der Waals surface area contributed by atoms with Crippen molar-refractivity contribution in [3.8, 4) is 0 Å². The Hall–Kier alpha value is -2.17. The molecule has 0 heterocycles. The van der Waals surface area contributed by atoms with Crippen molar-refractivity contribution >= 4 is 17.6 Å². The summed E-state index contributed by atoms with van der Waals surface area (Å²) < 4.78 is 0. The van der Waals surface area contributed by atoms with Gasteiger partial charge in [0.25, 0.3) is 0 Å². The second kappa shape index (κ2) is 15.6. The molecule has 0 aromatic heterocycles. The molecule has 0 spiro atoms. The first-order chi connectivity index (χ1) is 14.8. The highest BCUT2D eigenvalue weighted by Gasteiger charge is 2.24. The molecular weight excluding hydrogens is 388 g/mol. The van der Waals surface area contributed by atoms with E-state index in [1.165, 1.54) is 25.7 Å². The van der Waals surface area contributed by atoms with Crippen molar-refractivity contribution in [3.05, 3.63) is 35.4 Å². The van der Waals surface area contributed by atoms with Crippen LogP contribution in [0, 0.1) is 12.8 Å². The van der Waals surface area contributed by atoms with Crippen molar-refractivity contribution in [1.82, 2.24) is 10.6 Å². The van der Waals surface area contributed by atoms with Crippen molar-refractivity contribution in [2.24, 2.45) is 5.92 Å². The van der Waals surface area contributed by atoms with Crippen LogP contribution in [-0.4, -0.2) is 30.2 Å². The minimum Gasteiger partial charge on any atom is -0.354 e. The molecule has 1 atom stereocenters. The van der Waals surface area contributed by atoms with E-state index in [0.29, 0.717) is 24.4 Å². The van der Waals surface area contributed by atoms with Gasteiger partial charge >= 0.3 is 0 Å². The van der Waals surface area contributed by atoms with Gasteiger partial charge in [0, 0.05) is 24.9 Å². The summed E-state index contributed by atoms with van der Waals surface area (Å²) in [5, 5.41) is 5.68. The van der Waals surface area contributed by atoms with Gasteiger partial charge in [-0.25, -0.2) is 0 Å². The van der Waals surface area contributed by atoms with Crippen LogP contribution in [0.1, 0.15) is 101 Å². The molecule has 31 heavy (non-hydrogen) atoms. The van der Waals surface area contributed by atoms with Crippen LogP contribution < -0.4 is 10.6 Å². The maximum atomic E-state index is 12.7. The third-order valence-corrected chi connectivity index (χ3v) is 5.44. The van der Waals surface area contributed by atoms with E-state index in [-0.39, 0.29) is 24.0 Å². The topological polar surface area (TPSA) is 75.3 Å². The number of nitrogens with one attached hydrogen (secondary N) is 2. The highest BCUT2D eigenvalue weighted by Crippen LogP contribution is 2.11. The summed E-state index contributed by atoms with van der Waals surface area (Å²) in [6, 6.07) is 6.46. The van der Waals surface area contributed by atoms with Gasteiger partial charge in [-0.2, -0.15) is 0 Å². The Labute approximate surface area is 188 Å². The molecule has 0 saturated carbocycles. The van der Waals surface area contributed by atoms with Gasteiger partial charge in [-0.1, -0.05) is 89.1 Å². The first kappa shape index (κ1) is 26.9. The Kier molecular flexibility index (Phi) is 13.5. The molecule has 2 amide bonds.